The van der Waals surface area contributed by atoms with Crippen LogP contribution in [0.2, 0.25) is 0 Å². The average molecular weight is 405 g/mol. The molecule has 0 bridgehead atoms. The lowest BCUT2D eigenvalue weighted by atomic mass is 10.1. The van der Waals surface area contributed by atoms with Gasteiger partial charge in [0, 0.05) is 4.47 Å². The molecule has 1 saturated heterocycles. The number of ether oxygens (including phenoxy) is 1. The molecule has 0 spiro atoms. The van der Waals surface area contributed by atoms with Crippen LogP contribution in [0.25, 0.3) is 0 Å². The van der Waals surface area contributed by atoms with E-state index in [9.17, 15) is 18.0 Å². The Morgan fingerprint density at radius 3 is 2.70 bits per heavy atom. The monoisotopic (exact) mass is 404 g/mol. The van der Waals surface area contributed by atoms with E-state index in [1.54, 1.807) is 25.1 Å². The largest absolute Gasteiger partial charge is 0.481 e. The van der Waals surface area contributed by atoms with Gasteiger partial charge in [-0.05, 0) is 31.5 Å². The lowest BCUT2D eigenvalue weighted by molar-refractivity contribution is -0.134. The molecule has 1 aliphatic rings. The van der Waals surface area contributed by atoms with E-state index in [0.717, 1.165) is 4.47 Å². The van der Waals surface area contributed by atoms with Crippen LogP contribution in [0.3, 0.4) is 0 Å². The molecule has 2 atom stereocenters. The topological polar surface area (TPSA) is 102 Å². The van der Waals surface area contributed by atoms with Gasteiger partial charge in [-0.25, -0.2) is 8.42 Å². The maximum atomic E-state index is 11.9. The second-order valence-corrected chi connectivity index (χ2v) is 8.44. The summed E-state index contributed by atoms with van der Waals surface area (Å²) in [6, 6.07) is 7.02. The third-order valence-corrected chi connectivity index (χ3v) is 5.65. The average Bonchev–Trinajstić information content (AvgIpc) is 2.84. The molecule has 2 amide bonds. The molecule has 0 aliphatic carbocycles. The zero-order valence-corrected chi connectivity index (χ0v) is 14.8. The maximum absolute atomic E-state index is 11.9. The van der Waals surface area contributed by atoms with Gasteiger partial charge in [0.15, 0.2) is 15.9 Å². The molecule has 2 N–H and O–H groups in total. The molecular formula is C14H17BrN2O5S. The second-order valence-electron chi connectivity index (χ2n) is 5.30. The fourth-order valence-electron chi connectivity index (χ4n) is 2.13. The highest BCUT2D eigenvalue weighted by Gasteiger charge is 2.33. The summed E-state index contributed by atoms with van der Waals surface area (Å²) < 4.78 is 28.9. The highest BCUT2D eigenvalue weighted by atomic mass is 79.9. The summed E-state index contributed by atoms with van der Waals surface area (Å²) in [6.07, 6.45) is -0.550. The zero-order valence-electron chi connectivity index (χ0n) is 12.4. The summed E-state index contributed by atoms with van der Waals surface area (Å²) >= 11 is 3.30. The number of benzene rings is 1. The van der Waals surface area contributed by atoms with E-state index in [2.05, 4.69) is 26.8 Å². The minimum Gasteiger partial charge on any atom is -0.481 e. The van der Waals surface area contributed by atoms with Gasteiger partial charge in [0.2, 0.25) is 5.91 Å². The molecule has 1 heterocycles. The van der Waals surface area contributed by atoms with Crippen LogP contribution >= 0.6 is 15.9 Å². The van der Waals surface area contributed by atoms with Gasteiger partial charge in [-0.2, -0.15) is 0 Å². The van der Waals surface area contributed by atoms with E-state index < -0.39 is 33.7 Å². The number of sulfone groups is 1. The smallest absolute Gasteiger partial charge is 0.279 e. The van der Waals surface area contributed by atoms with Crippen LogP contribution < -0.4 is 15.6 Å². The maximum Gasteiger partial charge on any atom is 0.279 e. The molecule has 2 rings (SSSR count). The summed E-state index contributed by atoms with van der Waals surface area (Å²) in [5.41, 5.74) is 4.50. The second kappa shape index (κ2) is 7.31. The lowest BCUT2D eigenvalue weighted by Crippen LogP contribution is -2.49. The summed E-state index contributed by atoms with van der Waals surface area (Å²) in [6.45, 7) is 1.54. The van der Waals surface area contributed by atoms with Crippen LogP contribution in [-0.2, 0) is 19.4 Å². The normalized spacial score (nSPS) is 20.5. The highest BCUT2D eigenvalue weighted by molar-refractivity contribution is 9.10. The number of carbonyl (C=O) groups excluding carboxylic acids is 2. The van der Waals surface area contributed by atoms with Crippen molar-refractivity contribution in [3.05, 3.63) is 28.7 Å². The molecule has 0 unspecified atom stereocenters. The molecule has 1 aliphatic heterocycles. The number of halogens is 1. The van der Waals surface area contributed by atoms with Gasteiger partial charge in [0.25, 0.3) is 5.91 Å². The Morgan fingerprint density at radius 1 is 1.35 bits per heavy atom. The first-order valence-electron chi connectivity index (χ1n) is 6.99. The van der Waals surface area contributed by atoms with Crippen molar-refractivity contribution >= 4 is 37.6 Å². The Balaban J connectivity index is 1.81. The minimum atomic E-state index is -3.14. The van der Waals surface area contributed by atoms with Crippen molar-refractivity contribution in [3.63, 3.8) is 0 Å². The van der Waals surface area contributed by atoms with Crippen LogP contribution in [0.4, 0.5) is 0 Å². The van der Waals surface area contributed by atoms with Crippen molar-refractivity contribution in [1.82, 2.24) is 10.9 Å². The van der Waals surface area contributed by atoms with Crippen LogP contribution in [0.5, 0.6) is 5.75 Å². The van der Waals surface area contributed by atoms with Crippen LogP contribution in [0.1, 0.15) is 13.3 Å². The van der Waals surface area contributed by atoms with Crippen molar-refractivity contribution in [2.45, 2.75) is 19.4 Å². The summed E-state index contributed by atoms with van der Waals surface area (Å²) in [5, 5.41) is 0. The Labute approximate surface area is 142 Å². The third kappa shape index (κ3) is 5.21. The number of hydrogen-bond donors (Lipinski definition) is 2. The zero-order chi connectivity index (χ0) is 17.0. The van der Waals surface area contributed by atoms with Gasteiger partial charge in [-0.1, -0.05) is 22.0 Å². The molecule has 9 heteroatoms. The van der Waals surface area contributed by atoms with Crippen molar-refractivity contribution < 1.29 is 22.7 Å². The van der Waals surface area contributed by atoms with Crippen molar-refractivity contribution in [2.75, 3.05) is 11.5 Å². The fourth-order valence-corrected chi connectivity index (χ4v) is 4.25. The molecule has 1 aromatic rings. The molecule has 126 valence electrons. The molecule has 23 heavy (non-hydrogen) atoms. The summed E-state index contributed by atoms with van der Waals surface area (Å²) in [4.78, 5) is 23.7. The van der Waals surface area contributed by atoms with Crippen LogP contribution in [0, 0.1) is 5.92 Å². The summed E-state index contributed by atoms with van der Waals surface area (Å²) in [5.74, 6) is -1.33. The summed E-state index contributed by atoms with van der Waals surface area (Å²) in [7, 11) is -3.14. The van der Waals surface area contributed by atoms with Gasteiger partial charge in [0.05, 0.1) is 17.4 Å². The Morgan fingerprint density at radius 2 is 2.09 bits per heavy atom. The van der Waals surface area contributed by atoms with Crippen LogP contribution in [0.15, 0.2) is 28.7 Å². The first-order chi connectivity index (χ1) is 10.8. The first kappa shape index (κ1) is 17.7. The van der Waals surface area contributed by atoms with E-state index >= 15 is 0 Å². The molecule has 0 aromatic heterocycles. The number of hydrazine groups is 1. The lowest BCUT2D eigenvalue weighted by Gasteiger charge is -2.16. The van der Waals surface area contributed by atoms with Crippen LogP contribution in [-0.4, -0.2) is 37.8 Å². The number of rotatable bonds is 4. The van der Waals surface area contributed by atoms with E-state index in [1.165, 1.54) is 0 Å². The molecule has 0 radical (unpaired) electrons. The Bertz CT molecular complexity index is 707. The van der Waals surface area contributed by atoms with Crippen molar-refractivity contribution in [2.24, 2.45) is 5.92 Å². The molecule has 1 fully saturated rings. The van der Waals surface area contributed by atoms with E-state index in [-0.39, 0.29) is 17.9 Å². The SMILES string of the molecule is C[C@H](Oc1cccc(Br)c1)C(=O)NNC(=O)[C@@H]1CCS(=O)(=O)C1. The number of hydrogen-bond acceptors (Lipinski definition) is 5. The van der Waals surface area contributed by atoms with Gasteiger partial charge in [-0.15, -0.1) is 0 Å². The molecule has 0 saturated carbocycles. The number of amides is 2. The Hall–Kier alpha value is -1.61. The van der Waals surface area contributed by atoms with Gasteiger partial charge >= 0.3 is 0 Å². The van der Waals surface area contributed by atoms with E-state index in [4.69, 9.17) is 4.74 Å². The van der Waals surface area contributed by atoms with Crippen molar-refractivity contribution in [1.29, 1.82) is 0 Å². The predicted octanol–water partition coefficient (Wildman–Crippen LogP) is 0.799. The number of nitrogens with one attached hydrogen (secondary N) is 2. The van der Waals surface area contributed by atoms with Gasteiger partial charge < -0.3 is 4.74 Å². The van der Waals surface area contributed by atoms with Crippen molar-refractivity contribution in [3.8, 4) is 5.75 Å². The molecular weight excluding hydrogens is 388 g/mol. The van der Waals surface area contributed by atoms with E-state index in [1.807, 2.05) is 6.07 Å². The quantitative estimate of drug-likeness (QED) is 0.722. The standard InChI is InChI=1S/C14H17BrN2O5S/c1-9(22-12-4-2-3-11(15)7-12)13(18)16-17-14(19)10-5-6-23(20,21)8-10/h2-4,7,9-10H,5-6,8H2,1H3,(H,16,18)(H,17,19)/t9-,10+/m0/s1. The van der Waals surface area contributed by atoms with Gasteiger partial charge in [-0.3, -0.25) is 20.4 Å². The molecule has 1 aromatic carbocycles. The van der Waals surface area contributed by atoms with Gasteiger partial charge in [0.1, 0.15) is 5.75 Å². The highest BCUT2D eigenvalue weighted by Crippen LogP contribution is 2.19. The third-order valence-electron chi connectivity index (χ3n) is 3.39. The first-order valence-corrected chi connectivity index (χ1v) is 9.60. The predicted molar refractivity (Wildman–Crippen MR) is 87.3 cm³/mol. The van der Waals surface area contributed by atoms with E-state index in [0.29, 0.717) is 5.75 Å². The number of carbonyl (C=O) groups is 2. The fraction of sp³-hybridized carbons (Fsp3) is 0.429. The molecule has 7 nitrogen and oxygen atoms in total. The Kier molecular flexibility index (Phi) is 5.64. The minimum absolute atomic E-state index is 0.00142.